The molecule has 1 fully saturated rings. The number of amides is 2. The van der Waals surface area contributed by atoms with Crippen LogP contribution < -0.4 is 10.6 Å². The van der Waals surface area contributed by atoms with Crippen molar-refractivity contribution in [2.24, 2.45) is 17.8 Å². The number of hydrogen-bond acceptors (Lipinski definition) is 11. The van der Waals surface area contributed by atoms with Gasteiger partial charge < -0.3 is 34.6 Å². The summed E-state index contributed by atoms with van der Waals surface area (Å²) in [6, 6.07) is 8.16. The summed E-state index contributed by atoms with van der Waals surface area (Å²) < 4.78 is 47.8. The first-order valence-corrected chi connectivity index (χ1v) is 20.3. The number of ether oxygens (including phenoxy) is 4. The highest BCUT2D eigenvalue weighted by atomic mass is 32.2. The lowest BCUT2D eigenvalue weighted by atomic mass is 9.75. The van der Waals surface area contributed by atoms with Gasteiger partial charge in [-0.2, -0.15) is 0 Å². The predicted molar refractivity (Wildman–Crippen MR) is 203 cm³/mol. The normalized spacial score (nSPS) is 17.4. The zero-order chi connectivity index (χ0) is 40.2. The van der Waals surface area contributed by atoms with Crippen molar-refractivity contribution in [1.82, 2.24) is 20.6 Å². The Morgan fingerprint density at radius 2 is 1.57 bits per heavy atom. The van der Waals surface area contributed by atoms with Crippen LogP contribution in [0.1, 0.15) is 91.3 Å². The minimum Gasteiger partial charge on any atom is -0.460 e. The molecule has 4 atom stereocenters. The number of hydrogen-bond donors (Lipinski definition) is 3. The summed E-state index contributed by atoms with van der Waals surface area (Å²) in [6.45, 7) is 8.76. The number of carbonyl (C=O) groups is 4. The molecule has 54 heavy (non-hydrogen) atoms. The van der Waals surface area contributed by atoms with Crippen molar-refractivity contribution < 1.29 is 46.5 Å². The first kappa shape index (κ1) is 44.6. The topological polar surface area (TPSA) is 192 Å². The SMILES string of the molecule is COCC(=O)OC[C@](OC(=O)COC)(C(C)C)[C@H](CC1CCCCC1)NC(=O)[C@](C)(NC(=O)[C@H](Cc1ccccc1)CS(=O)(=O)C(C)(C)C)c1c[nH]cn1. The molecule has 15 heteroatoms. The molecule has 2 amide bonds. The quantitative estimate of drug-likeness (QED) is 0.165. The maximum Gasteiger partial charge on any atom is 0.332 e. The van der Waals surface area contributed by atoms with Crippen LogP contribution >= 0.6 is 0 Å². The number of aromatic amines is 1. The number of rotatable bonds is 20. The maximum absolute atomic E-state index is 14.9. The number of nitrogens with zero attached hydrogens (tertiary/aromatic N) is 1. The van der Waals surface area contributed by atoms with Crippen molar-refractivity contribution in [3.63, 3.8) is 0 Å². The van der Waals surface area contributed by atoms with Gasteiger partial charge in [0.05, 0.1) is 34.5 Å². The van der Waals surface area contributed by atoms with Crippen molar-refractivity contribution >= 4 is 33.6 Å². The molecule has 2 aromatic rings. The van der Waals surface area contributed by atoms with Crippen molar-refractivity contribution in [2.75, 3.05) is 39.8 Å². The third-order valence-electron chi connectivity index (χ3n) is 10.3. The second kappa shape index (κ2) is 19.7. The van der Waals surface area contributed by atoms with E-state index in [9.17, 15) is 27.6 Å². The fourth-order valence-electron chi connectivity index (χ4n) is 6.80. The number of sulfone groups is 1. The highest BCUT2D eigenvalue weighted by molar-refractivity contribution is 7.92. The maximum atomic E-state index is 14.9. The van der Waals surface area contributed by atoms with Gasteiger partial charge >= 0.3 is 11.9 Å². The van der Waals surface area contributed by atoms with Gasteiger partial charge in [0.25, 0.3) is 5.91 Å². The van der Waals surface area contributed by atoms with Gasteiger partial charge in [0.1, 0.15) is 19.8 Å². The highest BCUT2D eigenvalue weighted by Gasteiger charge is 2.51. The molecule has 1 aliphatic carbocycles. The first-order chi connectivity index (χ1) is 25.4. The molecule has 14 nitrogen and oxygen atoms in total. The lowest BCUT2D eigenvalue weighted by Crippen LogP contribution is -2.65. The van der Waals surface area contributed by atoms with E-state index < -0.39 is 79.7 Å². The van der Waals surface area contributed by atoms with Gasteiger partial charge in [0.15, 0.2) is 21.0 Å². The molecular weight excluding hydrogens is 717 g/mol. The van der Waals surface area contributed by atoms with E-state index in [4.69, 9.17) is 18.9 Å². The van der Waals surface area contributed by atoms with Crippen LogP contribution in [0.15, 0.2) is 42.9 Å². The van der Waals surface area contributed by atoms with E-state index in [-0.39, 0.29) is 31.2 Å². The molecule has 3 rings (SSSR count). The van der Waals surface area contributed by atoms with Crippen molar-refractivity contribution in [3.05, 3.63) is 54.1 Å². The molecule has 0 bridgehead atoms. The van der Waals surface area contributed by atoms with Crippen LogP contribution in [0.5, 0.6) is 0 Å². The van der Waals surface area contributed by atoms with Gasteiger partial charge in [-0.25, -0.2) is 23.0 Å². The van der Waals surface area contributed by atoms with Crippen LogP contribution in [0.3, 0.4) is 0 Å². The minimum absolute atomic E-state index is 0.101. The summed E-state index contributed by atoms with van der Waals surface area (Å²) in [4.78, 5) is 62.4. The summed E-state index contributed by atoms with van der Waals surface area (Å²) in [5, 5.41) is 6.00. The summed E-state index contributed by atoms with van der Waals surface area (Å²) >= 11 is 0. The fraction of sp³-hybridized carbons (Fsp3) is 0.667. The lowest BCUT2D eigenvalue weighted by Gasteiger charge is -2.45. The molecule has 0 radical (unpaired) electrons. The van der Waals surface area contributed by atoms with Crippen LogP contribution in [-0.2, 0) is 59.9 Å². The average molecular weight is 777 g/mol. The molecule has 0 unspecified atom stereocenters. The Hall–Kier alpha value is -3.82. The van der Waals surface area contributed by atoms with Gasteiger partial charge in [-0.05, 0) is 57.9 Å². The average Bonchev–Trinajstić information content (AvgIpc) is 3.66. The Labute approximate surface area is 320 Å². The van der Waals surface area contributed by atoms with Gasteiger partial charge in [0, 0.05) is 20.4 Å². The lowest BCUT2D eigenvalue weighted by molar-refractivity contribution is -0.191. The van der Waals surface area contributed by atoms with Crippen LogP contribution in [0, 0.1) is 17.8 Å². The fourth-order valence-corrected chi connectivity index (χ4v) is 8.10. The van der Waals surface area contributed by atoms with Gasteiger partial charge in [-0.15, -0.1) is 0 Å². The van der Waals surface area contributed by atoms with Crippen LogP contribution in [0.4, 0.5) is 0 Å². The molecular formula is C39H60N4O10S. The molecule has 3 N–H and O–H groups in total. The smallest absolute Gasteiger partial charge is 0.332 e. The third kappa shape index (κ3) is 11.8. The Kier molecular flexibility index (Phi) is 16.2. The summed E-state index contributed by atoms with van der Waals surface area (Å²) in [5.74, 6) is -4.62. The second-order valence-electron chi connectivity index (χ2n) is 15.7. The predicted octanol–water partition coefficient (Wildman–Crippen LogP) is 4.04. The van der Waals surface area contributed by atoms with Crippen molar-refractivity contribution in [1.29, 1.82) is 0 Å². The van der Waals surface area contributed by atoms with E-state index >= 15 is 0 Å². The van der Waals surface area contributed by atoms with Crippen molar-refractivity contribution in [3.8, 4) is 0 Å². The Balaban J connectivity index is 2.12. The number of imidazole rings is 1. The summed E-state index contributed by atoms with van der Waals surface area (Å²) in [7, 11) is -1.07. The van der Waals surface area contributed by atoms with E-state index in [0.29, 0.717) is 6.42 Å². The number of carbonyl (C=O) groups excluding carboxylic acids is 4. The van der Waals surface area contributed by atoms with E-state index in [2.05, 4.69) is 20.6 Å². The first-order valence-electron chi connectivity index (χ1n) is 18.6. The minimum atomic E-state index is -3.78. The van der Waals surface area contributed by atoms with Gasteiger partial charge in [0.2, 0.25) is 5.91 Å². The zero-order valence-electron chi connectivity index (χ0n) is 33.1. The molecule has 302 valence electrons. The summed E-state index contributed by atoms with van der Waals surface area (Å²) in [6.07, 6.45) is 8.16. The Morgan fingerprint density at radius 3 is 2.13 bits per heavy atom. The molecule has 1 saturated carbocycles. The van der Waals surface area contributed by atoms with Crippen LogP contribution in [0.2, 0.25) is 0 Å². The number of nitrogens with one attached hydrogen (secondary N) is 3. The number of esters is 2. The van der Waals surface area contributed by atoms with E-state index in [1.165, 1.54) is 33.7 Å². The molecule has 1 aliphatic rings. The molecule has 1 aromatic heterocycles. The molecule has 0 aliphatic heterocycles. The third-order valence-corrected chi connectivity index (χ3v) is 13.0. The van der Waals surface area contributed by atoms with Gasteiger partial charge in [-0.1, -0.05) is 76.3 Å². The molecule has 1 aromatic carbocycles. The molecule has 0 spiro atoms. The van der Waals surface area contributed by atoms with E-state index in [0.717, 1.165) is 37.7 Å². The van der Waals surface area contributed by atoms with Gasteiger partial charge in [-0.3, -0.25) is 9.59 Å². The standard InChI is InChI=1S/C39H60N4O10S/c1-27(2)39(53-34(45)23-51-8,25-52-33(44)22-50-7)31(20-29-17-13-10-14-18-29)42-36(47)38(6,32-21-40-26-41-32)43-35(46)30(19-28-15-11-9-12-16-28)24-54(48,49)37(3,4)5/h9,11-12,15-16,21,26-27,29-31H,10,13-14,17-20,22-25H2,1-8H3,(H,40,41)(H,42,47)(H,43,46)/t30-,31+,38-,39+/m1/s1. The summed E-state index contributed by atoms with van der Waals surface area (Å²) in [5.41, 5.74) is -2.49. The molecule has 0 saturated heterocycles. The highest BCUT2D eigenvalue weighted by Crippen LogP contribution is 2.36. The van der Waals surface area contributed by atoms with Crippen LogP contribution in [-0.4, -0.2) is 98.3 Å². The monoisotopic (exact) mass is 776 g/mol. The second-order valence-corrected chi connectivity index (χ2v) is 18.5. The Bertz CT molecular complexity index is 1620. The number of aromatic nitrogens is 2. The Morgan fingerprint density at radius 1 is 0.944 bits per heavy atom. The largest absolute Gasteiger partial charge is 0.460 e. The molecule has 1 heterocycles. The van der Waals surface area contributed by atoms with Crippen molar-refractivity contribution in [2.45, 2.75) is 108 Å². The van der Waals surface area contributed by atoms with Crippen LogP contribution in [0.25, 0.3) is 0 Å². The number of benzene rings is 1. The van der Waals surface area contributed by atoms with E-state index in [1.54, 1.807) is 20.8 Å². The van der Waals surface area contributed by atoms with E-state index in [1.807, 2.05) is 44.2 Å². The zero-order valence-corrected chi connectivity index (χ0v) is 33.9. The number of methoxy groups -OCH3 is 2. The number of H-pyrrole nitrogens is 1.